The van der Waals surface area contributed by atoms with Gasteiger partial charge in [-0.05, 0) is 36.6 Å². The second-order valence-electron chi connectivity index (χ2n) is 4.18. The van der Waals surface area contributed by atoms with Gasteiger partial charge in [-0.15, -0.1) is 0 Å². The monoisotopic (exact) mass is 216 g/mol. The van der Waals surface area contributed by atoms with Gasteiger partial charge in [-0.25, -0.2) is 0 Å². The van der Waals surface area contributed by atoms with Crippen LogP contribution < -0.4 is 5.32 Å². The largest absolute Gasteiger partial charge is 0.376 e. The maximum atomic E-state index is 8.66. The van der Waals surface area contributed by atoms with E-state index in [0.717, 1.165) is 25.3 Å². The van der Waals surface area contributed by atoms with E-state index in [2.05, 4.69) is 11.4 Å². The summed E-state index contributed by atoms with van der Waals surface area (Å²) in [6, 6.07) is 9.66. The minimum Gasteiger partial charge on any atom is -0.376 e. The van der Waals surface area contributed by atoms with Gasteiger partial charge in [0, 0.05) is 6.54 Å². The molecule has 0 amide bonds. The van der Waals surface area contributed by atoms with Crippen molar-refractivity contribution in [3.05, 3.63) is 35.4 Å². The maximum Gasteiger partial charge on any atom is 0.0991 e. The van der Waals surface area contributed by atoms with E-state index in [1.165, 1.54) is 6.42 Å². The lowest BCUT2D eigenvalue weighted by molar-refractivity contribution is 0.0925. The van der Waals surface area contributed by atoms with Crippen LogP contribution in [0.4, 0.5) is 0 Å². The summed E-state index contributed by atoms with van der Waals surface area (Å²) >= 11 is 0. The molecule has 0 saturated carbocycles. The first-order valence-corrected chi connectivity index (χ1v) is 5.66. The number of ether oxygens (including phenoxy) is 1. The van der Waals surface area contributed by atoms with Crippen molar-refractivity contribution in [2.45, 2.75) is 13.0 Å². The van der Waals surface area contributed by atoms with Crippen LogP contribution in [0.1, 0.15) is 17.5 Å². The number of benzene rings is 1. The molecule has 1 N–H and O–H groups in total. The molecule has 1 atom stereocenters. The van der Waals surface area contributed by atoms with Crippen molar-refractivity contribution in [3.8, 4) is 6.07 Å². The molecule has 0 aliphatic carbocycles. The minimum absolute atomic E-state index is 0.641. The van der Waals surface area contributed by atoms with Crippen LogP contribution in [0.3, 0.4) is 0 Å². The topological polar surface area (TPSA) is 45.0 Å². The predicted octanol–water partition coefficient (Wildman–Crippen LogP) is 1.68. The first kappa shape index (κ1) is 11.1. The third-order valence-electron chi connectivity index (χ3n) is 2.87. The second kappa shape index (κ2) is 5.64. The van der Waals surface area contributed by atoms with Gasteiger partial charge in [0.05, 0.1) is 24.8 Å². The standard InChI is InChI=1S/C13H16N2O/c14-7-11-1-3-12(4-2-11)9-16-10-13-5-6-15-8-13/h1-4,13,15H,5-6,8-10H2. The molecular weight excluding hydrogens is 200 g/mol. The molecular formula is C13H16N2O. The molecule has 1 heterocycles. The van der Waals surface area contributed by atoms with Gasteiger partial charge in [-0.2, -0.15) is 5.26 Å². The van der Waals surface area contributed by atoms with Crippen molar-refractivity contribution >= 4 is 0 Å². The Hall–Kier alpha value is -1.37. The normalized spacial score (nSPS) is 19.6. The van der Waals surface area contributed by atoms with E-state index in [1.54, 1.807) is 0 Å². The zero-order valence-electron chi connectivity index (χ0n) is 9.28. The Bertz CT molecular complexity index is 361. The van der Waals surface area contributed by atoms with E-state index in [4.69, 9.17) is 10.00 Å². The molecule has 0 spiro atoms. The summed E-state index contributed by atoms with van der Waals surface area (Å²) in [5.41, 5.74) is 1.83. The van der Waals surface area contributed by atoms with Crippen molar-refractivity contribution in [2.75, 3.05) is 19.7 Å². The predicted molar refractivity (Wildman–Crippen MR) is 61.8 cm³/mol. The Morgan fingerprint density at radius 1 is 1.38 bits per heavy atom. The molecule has 16 heavy (non-hydrogen) atoms. The summed E-state index contributed by atoms with van der Waals surface area (Å²) in [6.07, 6.45) is 1.22. The number of hydrogen-bond acceptors (Lipinski definition) is 3. The van der Waals surface area contributed by atoms with Crippen molar-refractivity contribution in [1.29, 1.82) is 5.26 Å². The highest BCUT2D eigenvalue weighted by molar-refractivity contribution is 5.31. The average Bonchev–Trinajstić information content (AvgIpc) is 2.83. The van der Waals surface area contributed by atoms with Gasteiger partial charge in [-0.1, -0.05) is 12.1 Å². The molecule has 1 fully saturated rings. The third-order valence-corrected chi connectivity index (χ3v) is 2.87. The van der Waals surface area contributed by atoms with Crippen molar-refractivity contribution in [1.82, 2.24) is 5.32 Å². The minimum atomic E-state index is 0.641. The van der Waals surface area contributed by atoms with E-state index in [1.807, 2.05) is 24.3 Å². The highest BCUT2D eigenvalue weighted by atomic mass is 16.5. The van der Waals surface area contributed by atoms with Crippen molar-refractivity contribution in [2.24, 2.45) is 5.92 Å². The van der Waals surface area contributed by atoms with E-state index >= 15 is 0 Å². The highest BCUT2D eigenvalue weighted by Crippen LogP contribution is 2.10. The number of hydrogen-bond donors (Lipinski definition) is 1. The summed E-state index contributed by atoms with van der Waals surface area (Å²) in [4.78, 5) is 0. The van der Waals surface area contributed by atoms with Crippen LogP contribution in [0.15, 0.2) is 24.3 Å². The molecule has 1 aromatic rings. The Balaban J connectivity index is 1.74. The zero-order valence-corrected chi connectivity index (χ0v) is 9.28. The molecule has 1 aromatic carbocycles. The summed E-state index contributed by atoms with van der Waals surface area (Å²) in [6.45, 7) is 3.66. The number of nitrogens with one attached hydrogen (secondary N) is 1. The summed E-state index contributed by atoms with van der Waals surface area (Å²) < 4.78 is 5.65. The molecule has 0 aromatic heterocycles. The van der Waals surface area contributed by atoms with Crippen LogP contribution in [0.25, 0.3) is 0 Å². The lowest BCUT2D eigenvalue weighted by Crippen LogP contribution is -2.13. The molecule has 1 saturated heterocycles. The molecule has 0 bridgehead atoms. The smallest absolute Gasteiger partial charge is 0.0991 e. The van der Waals surface area contributed by atoms with Gasteiger partial charge in [0.2, 0.25) is 0 Å². The van der Waals surface area contributed by atoms with E-state index in [-0.39, 0.29) is 0 Å². The summed E-state index contributed by atoms with van der Waals surface area (Å²) in [5, 5.41) is 12.0. The average molecular weight is 216 g/mol. The van der Waals surface area contributed by atoms with Crippen molar-refractivity contribution < 1.29 is 4.74 Å². The lowest BCUT2D eigenvalue weighted by atomic mass is 10.1. The number of rotatable bonds is 4. The molecule has 1 aliphatic heterocycles. The highest BCUT2D eigenvalue weighted by Gasteiger charge is 2.13. The first-order chi connectivity index (χ1) is 7.88. The molecule has 2 rings (SSSR count). The quantitative estimate of drug-likeness (QED) is 0.833. The van der Waals surface area contributed by atoms with Crippen LogP contribution >= 0.6 is 0 Å². The fourth-order valence-electron chi connectivity index (χ4n) is 1.88. The SMILES string of the molecule is N#Cc1ccc(COCC2CCNC2)cc1. The Kier molecular flexibility index (Phi) is 3.92. The molecule has 3 heteroatoms. The summed E-state index contributed by atoms with van der Waals surface area (Å²) in [5.74, 6) is 0.665. The van der Waals surface area contributed by atoms with Gasteiger partial charge in [-0.3, -0.25) is 0 Å². The maximum absolute atomic E-state index is 8.66. The fourth-order valence-corrected chi connectivity index (χ4v) is 1.88. The van der Waals surface area contributed by atoms with Crippen LogP contribution in [-0.2, 0) is 11.3 Å². The number of nitriles is 1. The Labute approximate surface area is 96.0 Å². The fraction of sp³-hybridized carbons (Fsp3) is 0.462. The molecule has 0 radical (unpaired) electrons. The van der Waals surface area contributed by atoms with E-state index < -0.39 is 0 Å². The molecule has 1 unspecified atom stereocenters. The van der Waals surface area contributed by atoms with Gasteiger partial charge < -0.3 is 10.1 Å². The Morgan fingerprint density at radius 3 is 2.81 bits per heavy atom. The summed E-state index contributed by atoms with van der Waals surface area (Å²) in [7, 11) is 0. The van der Waals surface area contributed by atoms with Crippen LogP contribution in [0.5, 0.6) is 0 Å². The van der Waals surface area contributed by atoms with Crippen LogP contribution in [-0.4, -0.2) is 19.7 Å². The van der Waals surface area contributed by atoms with Gasteiger partial charge in [0.1, 0.15) is 0 Å². The molecule has 1 aliphatic rings. The van der Waals surface area contributed by atoms with Gasteiger partial charge in [0.15, 0.2) is 0 Å². The third kappa shape index (κ3) is 3.06. The zero-order chi connectivity index (χ0) is 11.2. The van der Waals surface area contributed by atoms with Crippen molar-refractivity contribution in [3.63, 3.8) is 0 Å². The second-order valence-corrected chi connectivity index (χ2v) is 4.18. The molecule has 84 valence electrons. The Morgan fingerprint density at radius 2 is 2.19 bits per heavy atom. The van der Waals surface area contributed by atoms with E-state index in [9.17, 15) is 0 Å². The number of nitrogens with zero attached hydrogens (tertiary/aromatic N) is 1. The van der Waals surface area contributed by atoms with E-state index in [0.29, 0.717) is 18.1 Å². The van der Waals surface area contributed by atoms with Gasteiger partial charge >= 0.3 is 0 Å². The van der Waals surface area contributed by atoms with Gasteiger partial charge in [0.25, 0.3) is 0 Å². The first-order valence-electron chi connectivity index (χ1n) is 5.66. The van der Waals surface area contributed by atoms with Crippen LogP contribution in [0, 0.1) is 17.2 Å². The lowest BCUT2D eigenvalue weighted by Gasteiger charge is -2.09. The van der Waals surface area contributed by atoms with Crippen LogP contribution in [0.2, 0.25) is 0 Å². The molecule has 3 nitrogen and oxygen atoms in total.